The molecule has 2 rings (SSSR count). The van der Waals surface area contributed by atoms with Gasteiger partial charge in [-0.15, -0.1) is 0 Å². The van der Waals surface area contributed by atoms with E-state index in [0.717, 1.165) is 19.5 Å². The molecule has 0 spiro atoms. The second kappa shape index (κ2) is 6.31. The van der Waals surface area contributed by atoms with Gasteiger partial charge in [0.1, 0.15) is 5.82 Å². The van der Waals surface area contributed by atoms with Gasteiger partial charge in [-0.25, -0.2) is 4.98 Å². The van der Waals surface area contributed by atoms with Gasteiger partial charge in [0.2, 0.25) is 0 Å². The van der Waals surface area contributed by atoms with E-state index in [4.69, 9.17) is 4.74 Å². The number of likely N-dealkylation sites (N-methyl/N-ethyl adjacent to an activating group) is 1. The molecule has 102 valence electrons. The average molecular weight is 253 g/mol. The molecule has 1 unspecified atom stereocenters. The van der Waals surface area contributed by atoms with Crippen molar-refractivity contribution in [3.8, 4) is 0 Å². The maximum absolute atomic E-state index is 9.69. The van der Waals surface area contributed by atoms with E-state index >= 15 is 0 Å². The number of nitrogens with zero attached hydrogens (tertiary/aromatic N) is 3. The van der Waals surface area contributed by atoms with Crippen molar-refractivity contribution in [2.75, 3.05) is 33.9 Å². The summed E-state index contributed by atoms with van der Waals surface area (Å²) in [5.74, 6) is 1.85. The molecule has 0 aromatic carbocycles. The van der Waals surface area contributed by atoms with Crippen molar-refractivity contribution in [2.45, 2.75) is 25.5 Å². The number of aliphatic hydroxyl groups is 1. The molecule has 1 aromatic rings. The molecule has 5 nitrogen and oxygen atoms in total. The van der Waals surface area contributed by atoms with Crippen LogP contribution in [0.25, 0.3) is 0 Å². The number of aryl methyl sites for hydroxylation is 1. The number of fused-ring (bicyclic) bond motifs is 1. The number of aromatic nitrogens is 2. The van der Waals surface area contributed by atoms with Crippen molar-refractivity contribution in [3.63, 3.8) is 0 Å². The molecule has 0 radical (unpaired) electrons. The number of hydrogen-bond donors (Lipinski definition) is 1. The smallest absolute Gasteiger partial charge is 0.108 e. The SMILES string of the molecule is COC[C@@H](O)CN(C)CC1CCc2nccn2C1. The van der Waals surface area contributed by atoms with Crippen LogP contribution in [0, 0.1) is 5.92 Å². The van der Waals surface area contributed by atoms with E-state index < -0.39 is 6.10 Å². The molecule has 1 aliphatic heterocycles. The quantitative estimate of drug-likeness (QED) is 0.796. The number of methoxy groups -OCH3 is 1. The molecular formula is C13H23N3O2. The summed E-state index contributed by atoms with van der Waals surface area (Å²) < 4.78 is 7.19. The van der Waals surface area contributed by atoms with Crippen molar-refractivity contribution < 1.29 is 9.84 Å². The van der Waals surface area contributed by atoms with Crippen molar-refractivity contribution in [3.05, 3.63) is 18.2 Å². The van der Waals surface area contributed by atoms with Crippen LogP contribution < -0.4 is 0 Å². The molecule has 2 heterocycles. The highest BCUT2D eigenvalue weighted by molar-refractivity contribution is 4.96. The minimum absolute atomic E-state index is 0.396. The molecule has 5 heteroatoms. The lowest BCUT2D eigenvalue weighted by atomic mass is 9.99. The number of aliphatic hydroxyl groups excluding tert-OH is 1. The van der Waals surface area contributed by atoms with Gasteiger partial charge in [0.05, 0.1) is 12.7 Å². The van der Waals surface area contributed by atoms with Gasteiger partial charge in [-0.3, -0.25) is 0 Å². The van der Waals surface area contributed by atoms with Gasteiger partial charge in [0.15, 0.2) is 0 Å². The van der Waals surface area contributed by atoms with Crippen LogP contribution in [-0.2, 0) is 17.7 Å². The summed E-state index contributed by atoms with van der Waals surface area (Å²) in [4.78, 5) is 6.53. The number of rotatable bonds is 6. The lowest BCUT2D eigenvalue weighted by Gasteiger charge is -2.29. The minimum atomic E-state index is -0.396. The Bertz CT molecular complexity index is 367. The fourth-order valence-corrected chi connectivity index (χ4v) is 2.71. The normalized spacial score (nSPS) is 21.0. The van der Waals surface area contributed by atoms with Gasteiger partial charge in [-0.2, -0.15) is 0 Å². The van der Waals surface area contributed by atoms with Crippen LogP contribution in [0.15, 0.2) is 12.4 Å². The molecular weight excluding hydrogens is 230 g/mol. The molecule has 18 heavy (non-hydrogen) atoms. The summed E-state index contributed by atoms with van der Waals surface area (Å²) in [6.07, 6.45) is 5.78. The van der Waals surface area contributed by atoms with Gasteiger partial charge in [-0.1, -0.05) is 0 Å². The maximum Gasteiger partial charge on any atom is 0.108 e. The average Bonchev–Trinajstić information content (AvgIpc) is 2.76. The molecule has 0 bridgehead atoms. The van der Waals surface area contributed by atoms with Crippen molar-refractivity contribution >= 4 is 0 Å². The number of hydrogen-bond acceptors (Lipinski definition) is 4. The van der Waals surface area contributed by atoms with Crippen LogP contribution >= 0.6 is 0 Å². The highest BCUT2D eigenvalue weighted by Crippen LogP contribution is 2.19. The third kappa shape index (κ3) is 3.54. The standard InChI is InChI=1S/C13H23N3O2/c1-15(9-12(17)10-18-2)7-11-3-4-13-14-5-6-16(13)8-11/h5-6,11-12,17H,3-4,7-10H2,1-2H3/t11?,12-/m0/s1. The van der Waals surface area contributed by atoms with Crippen LogP contribution in [0.1, 0.15) is 12.2 Å². The largest absolute Gasteiger partial charge is 0.389 e. The van der Waals surface area contributed by atoms with Crippen molar-refractivity contribution in [2.24, 2.45) is 5.92 Å². The Balaban J connectivity index is 1.77. The zero-order valence-electron chi connectivity index (χ0n) is 11.2. The van der Waals surface area contributed by atoms with Gasteiger partial charge in [-0.05, 0) is 19.4 Å². The first-order valence-corrected chi connectivity index (χ1v) is 6.54. The van der Waals surface area contributed by atoms with Crippen LogP contribution in [0.2, 0.25) is 0 Å². The van der Waals surface area contributed by atoms with E-state index in [9.17, 15) is 5.11 Å². The predicted octanol–water partition coefficient (Wildman–Crippen LogP) is 0.385. The van der Waals surface area contributed by atoms with E-state index in [0.29, 0.717) is 19.1 Å². The van der Waals surface area contributed by atoms with Gasteiger partial charge < -0.3 is 19.3 Å². The second-order valence-electron chi connectivity index (χ2n) is 5.23. The topological polar surface area (TPSA) is 50.5 Å². The molecule has 2 atom stereocenters. The monoisotopic (exact) mass is 253 g/mol. The van der Waals surface area contributed by atoms with E-state index in [1.807, 2.05) is 6.20 Å². The fraction of sp³-hybridized carbons (Fsp3) is 0.769. The molecule has 1 aromatic heterocycles. The second-order valence-corrected chi connectivity index (χ2v) is 5.23. The van der Waals surface area contributed by atoms with Crippen LogP contribution in [-0.4, -0.2) is 59.5 Å². The molecule has 0 amide bonds. The third-order valence-corrected chi connectivity index (χ3v) is 3.48. The first-order chi connectivity index (χ1) is 8.69. The Labute approximate surface area is 108 Å². The van der Waals surface area contributed by atoms with Gasteiger partial charge >= 0.3 is 0 Å². The molecule has 0 saturated heterocycles. The Morgan fingerprint density at radius 2 is 2.50 bits per heavy atom. The molecule has 1 aliphatic rings. The molecule has 0 fully saturated rings. The Hall–Kier alpha value is -0.910. The molecule has 0 saturated carbocycles. The Morgan fingerprint density at radius 1 is 1.67 bits per heavy atom. The van der Waals surface area contributed by atoms with Crippen LogP contribution in [0.3, 0.4) is 0 Å². The number of imidazole rings is 1. The summed E-state index contributed by atoms with van der Waals surface area (Å²) in [6.45, 7) is 3.13. The van der Waals surface area contributed by atoms with Crippen molar-refractivity contribution in [1.82, 2.24) is 14.5 Å². The number of ether oxygens (including phenoxy) is 1. The van der Waals surface area contributed by atoms with Gasteiger partial charge in [0.25, 0.3) is 0 Å². The molecule has 0 aliphatic carbocycles. The van der Waals surface area contributed by atoms with E-state index in [1.54, 1.807) is 7.11 Å². The fourth-order valence-electron chi connectivity index (χ4n) is 2.71. The van der Waals surface area contributed by atoms with Crippen LogP contribution in [0.5, 0.6) is 0 Å². The summed E-state index contributed by atoms with van der Waals surface area (Å²) in [5, 5.41) is 9.69. The Kier molecular flexibility index (Phi) is 4.74. The first kappa shape index (κ1) is 13.5. The zero-order valence-corrected chi connectivity index (χ0v) is 11.2. The lowest BCUT2D eigenvalue weighted by molar-refractivity contribution is 0.0390. The Morgan fingerprint density at radius 3 is 3.28 bits per heavy atom. The predicted molar refractivity (Wildman–Crippen MR) is 69.4 cm³/mol. The van der Waals surface area contributed by atoms with Crippen molar-refractivity contribution in [1.29, 1.82) is 0 Å². The highest BCUT2D eigenvalue weighted by atomic mass is 16.5. The summed E-state index contributed by atoms with van der Waals surface area (Å²) in [5.41, 5.74) is 0. The maximum atomic E-state index is 9.69. The highest BCUT2D eigenvalue weighted by Gasteiger charge is 2.20. The summed E-state index contributed by atoms with van der Waals surface area (Å²) in [7, 11) is 3.67. The minimum Gasteiger partial charge on any atom is -0.389 e. The van der Waals surface area contributed by atoms with E-state index in [-0.39, 0.29) is 0 Å². The molecule has 1 N–H and O–H groups in total. The van der Waals surface area contributed by atoms with Gasteiger partial charge in [0, 0.05) is 45.6 Å². The van der Waals surface area contributed by atoms with Crippen LogP contribution in [0.4, 0.5) is 0 Å². The van der Waals surface area contributed by atoms with E-state index in [2.05, 4.69) is 27.7 Å². The first-order valence-electron chi connectivity index (χ1n) is 6.54. The summed E-state index contributed by atoms with van der Waals surface area (Å²) >= 11 is 0. The lowest BCUT2D eigenvalue weighted by Crippen LogP contribution is -2.37. The van der Waals surface area contributed by atoms with E-state index in [1.165, 1.54) is 12.2 Å². The third-order valence-electron chi connectivity index (χ3n) is 3.48. The summed E-state index contributed by atoms with van der Waals surface area (Å²) in [6, 6.07) is 0. The zero-order chi connectivity index (χ0) is 13.0.